The van der Waals surface area contributed by atoms with Gasteiger partial charge >= 0.3 is 0 Å². The smallest absolute Gasteiger partial charge is 0.218 e. The van der Waals surface area contributed by atoms with Crippen molar-refractivity contribution < 1.29 is 13.9 Å². The first-order valence-corrected chi connectivity index (χ1v) is 6.71. The Labute approximate surface area is 129 Å². The summed E-state index contributed by atoms with van der Waals surface area (Å²) in [5.74, 6) is -1.97. The van der Waals surface area contributed by atoms with Crippen molar-refractivity contribution in [1.82, 2.24) is 4.98 Å². The Hall–Kier alpha value is -2.47. The summed E-state index contributed by atoms with van der Waals surface area (Å²) >= 11 is 5.99. The number of nitrogens with one attached hydrogen (secondary N) is 1. The molecule has 2 N–H and O–H groups in total. The fourth-order valence-electron chi connectivity index (χ4n) is 2.05. The zero-order valence-electron chi connectivity index (χ0n) is 11.4. The lowest BCUT2D eigenvalue weighted by Crippen LogP contribution is -1.80. The van der Waals surface area contributed by atoms with Crippen LogP contribution in [0.5, 0.6) is 5.88 Å². The van der Waals surface area contributed by atoms with Gasteiger partial charge in [0.15, 0.2) is 5.69 Å². The van der Waals surface area contributed by atoms with Gasteiger partial charge in [0.25, 0.3) is 0 Å². The Morgan fingerprint density at radius 1 is 1.14 bits per heavy atom. The molecule has 3 aromatic rings. The lowest BCUT2D eigenvalue weighted by Gasteiger charge is -1.98. The number of H-pyrrole nitrogens is 1. The van der Waals surface area contributed by atoms with Gasteiger partial charge in [0.1, 0.15) is 11.6 Å². The highest BCUT2D eigenvalue weighted by Crippen LogP contribution is 2.38. The zero-order chi connectivity index (χ0) is 15.9. The van der Waals surface area contributed by atoms with Gasteiger partial charge in [-0.05, 0) is 30.7 Å². The second-order valence-electron chi connectivity index (χ2n) is 4.77. The second-order valence-corrected chi connectivity index (χ2v) is 5.17. The summed E-state index contributed by atoms with van der Waals surface area (Å²) in [4.78, 5) is 2.41. The molecular formula is C15H10ClF2N3O. The number of aromatic hydroxyl groups is 1. The van der Waals surface area contributed by atoms with Crippen LogP contribution in [-0.2, 0) is 0 Å². The minimum absolute atomic E-state index is 0.0326. The largest absolute Gasteiger partial charge is 0.493 e. The molecule has 0 radical (unpaired) electrons. The van der Waals surface area contributed by atoms with Crippen molar-refractivity contribution in [2.75, 3.05) is 0 Å². The summed E-state index contributed by atoms with van der Waals surface area (Å²) in [5.41, 5.74) is 1.28. The number of nitrogens with zero attached hydrogens (tertiary/aromatic N) is 2. The molecule has 0 saturated carbocycles. The molecule has 0 unspecified atom stereocenters. The van der Waals surface area contributed by atoms with Crippen LogP contribution in [0.3, 0.4) is 0 Å². The molecule has 0 aliphatic carbocycles. The van der Waals surface area contributed by atoms with Crippen molar-refractivity contribution in [1.29, 1.82) is 0 Å². The van der Waals surface area contributed by atoms with Gasteiger partial charge in [0.05, 0.1) is 11.2 Å². The van der Waals surface area contributed by atoms with Crippen LogP contribution in [0, 0.1) is 18.6 Å². The highest BCUT2D eigenvalue weighted by Gasteiger charge is 2.15. The van der Waals surface area contributed by atoms with Gasteiger partial charge in [-0.3, -0.25) is 0 Å². The number of rotatable bonds is 2. The van der Waals surface area contributed by atoms with E-state index in [0.717, 1.165) is 17.7 Å². The van der Waals surface area contributed by atoms with Crippen LogP contribution in [0.1, 0.15) is 5.56 Å². The standard InChI is InChI=1S/C15H10ClF2N3O/c1-7-2-3-9(6-11(7)16)20-21-14-10-4-8(17)5-12(18)13(10)19-15(14)22/h2-6,19,22H,1H3. The molecule has 0 aliphatic heterocycles. The maximum absolute atomic E-state index is 13.6. The fourth-order valence-corrected chi connectivity index (χ4v) is 2.22. The van der Waals surface area contributed by atoms with Gasteiger partial charge in [-0.15, -0.1) is 5.11 Å². The summed E-state index contributed by atoms with van der Waals surface area (Å²) in [5, 5.41) is 18.2. The van der Waals surface area contributed by atoms with E-state index >= 15 is 0 Å². The van der Waals surface area contributed by atoms with Gasteiger partial charge in [0, 0.05) is 16.5 Å². The van der Waals surface area contributed by atoms with Crippen molar-refractivity contribution in [2.24, 2.45) is 10.2 Å². The second kappa shape index (κ2) is 5.38. The predicted octanol–water partition coefficient (Wildman–Crippen LogP) is 5.53. The van der Waals surface area contributed by atoms with E-state index < -0.39 is 11.6 Å². The van der Waals surface area contributed by atoms with Crippen LogP contribution in [0.25, 0.3) is 10.9 Å². The summed E-state index contributed by atoms with van der Waals surface area (Å²) in [6.45, 7) is 1.85. The number of fused-ring (bicyclic) bond motifs is 1. The van der Waals surface area contributed by atoms with E-state index in [0.29, 0.717) is 10.7 Å². The third-order valence-corrected chi connectivity index (χ3v) is 3.61. The number of aromatic amines is 1. The van der Waals surface area contributed by atoms with E-state index in [-0.39, 0.29) is 22.5 Å². The average Bonchev–Trinajstić information content (AvgIpc) is 2.77. The van der Waals surface area contributed by atoms with E-state index in [4.69, 9.17) is 11.6 Å². The molecule has 0 amide bonds. The molecule has 0 aliphatic rings. The fraction of sp³-hybridized carbons (Fsp3) is 0.0667. The zero-order valence-corrected chi connectivity index (χ0v) is 12.1. The van der Waals surface area contributed by atoms with E-state index in [1.165, 1.54) is 0 Å². The van der Waals surface area contributed by atoms with E-state index in [2.05, 4.69) is 15.2 Å². The van der Waals surface area contributed by atoms with Crippen LogP contribution in [0.15, 0.2) is 40.6 Å². The number of aryl methyl sites for hydroxylation is 1. The van der Waals surface area contributed by atoms with E-state index in [1.807, 2.05) is 6.92 Å². The lowest BCUT2D eigenvalue weighted by atomic mass is 10.2. The number of aromatic nitrogens is 1. The first-order chi connectivity index (χ1) is 10.5. The Balaban J connectivity index is 2.08. The van der Waals surface area contributed by atoms with E-state index in [1.54, 1.807) is 18.2 Å². The minimum Gasteiger partial charge on any atom is -0.493 e. The number of hydrogen-bond acceptors (Lipinski definition) is 3. The van der Waals surface area contributed by atoms with Crippen molar-refractivity contribution in [3.63, 3.8) is 0 Å². The van der Waals surface area contributed by atoms with Crippen LogP contribution in [0.4, 0.5) is 20.2 Å². The molecule has 1 heterocycles. The molecule has 22 heavy (non-hydrogen) atoms. The quantitative estimate of drug-likeness (QED) is 0.599. The summed E-state index contributed by atoms with van der Waals surface area (Å²) in [6, 6.07) is 6.86. The minimum atomic E-state index is -0.815. The molecule has 112 valence electrons. The maximum Gasteiger partial charge on any atom is 0.218 e. The van der Waals surface area contributed by atoms with Gasteiger partial charge < -0.3 is 10.1 Å². The third kappa shape index (κ3) is 2.53. The number of benzene rings is 2. The molecule has 3 rings (SSSR count). The van der Waals surface area contributed by atoms with Crippen LogP contribution >= 0.6 is 11.6 Å². The third-order valence-electron chi connectivity index (χ3n) is 3.20. The summed E-state index contributed by atoms with van der Waals surface area (Å²) in [7, 11) is 0. The Bertz CT molecular complexity index is 905. The van der Waals surface area contributed by atoms with Crippen molar-refractivity contribution in [2.45, 2.75) is 6.92 Å². The first-order valence-electron chi connectivity index (χ1n) is 6.33. The molecule has 4 nitrogen and oxygen atoms in total. The normalized spacial score (nSPS) is 11.6. The number of halogens is 3. The number of hydrogen-bond donors (Lipinski definition) is 2. The number of azo groups is 1. The molecule has 0 bridgehead atoms. The van der Waals surface area contributed by atoms with Gasteiger partial charge in [0.2, 0.25) is 5.88 Å². The molecule has 1 aromatic heterocycles. The highest BCUT2D eigenvalue weighted by molar-refractivity contribution is 6.31. The van der Waals surface area contributed by atoms with Crippen molar-refractivity contribution in [3.8, 4) is 5.88 Å². The SMILES string of the molecule is Cc1ccc(N=Nc2c(O)[nH]c3c(F)cc(F)cc23)cc1Cl. The molecule has 0 atom stereocenters. The van der Waals surface area contributed by atoms with Crippen LogP contribution in [0.2, 0.25) is 5.02 Å². The summed E-state index contributed by atoms with van der Waals surface area (Å²) < 4.78 is 27.0. The molecule has 0 saturated heterocycles. The van der Waals surface area contributed by atoms with Crippen molar-refractivity contribution >= 4 is 33.9 Å². The van der Waals surface area contributed by atoms with Crippen LogP contribution in [-0.4, -0.2) is 10.1 Å². The summed E-state index contributed by atoms with van der Waals surface area (Å²) in [6.07, 6.45) is 0. The van der Waals surface area contributed by atoms with Gasteiger partial charge in [-0.25, -0.2) is 8.78 Å². The Kier molecular flexibility index (Phi) is 3.54. The average molecular weight is 322 g/mol. The van der Waals surface area contributed by atoms with Crippen molar-refractivity contribution in [3.05, 3.63) is 52.6 Å². The maximum atomic E-state index is 13.6. The topological polar surface area (TPSA) is 60.7 Å². The molecular weight excluding hydrogens is 312 g/mol. The first kappa shape index (κ1) is 14.5. The highest BCUT2D eigenvalue weighted by atomic mass is 35.5. The van der Waals surface area contributed by atoms with Gasteiger partial charge in [-0.2, -0.15) is 5.11 Å². The Morgan fingerprint density at radius 3 is 2.64 bits per heavy atom. The molecule has 0 fully saturated rings. The monoisotopic (exact) mass is 321 g/mol. The molecule has 0 spiro atoms. The van der Waals surface area contributed by atoms with E-state index in [9.17, 15) is 13.9 Å². The molecule has 2 aromatic carbocycles. The lowest BCUT2D eigenvalue weighted by molar-refractivity contribution is 0.459. The predicted molar refractivity (Wildman–Crippen MR) is 80.2 cm³/mol. The van der Waals surface area contributed by atoms with Crippen LogP contribution < -0.4 is 0 Å². The Morgan fingerprint density at radius 2 is 1.91 bits per heavy atom. The molecule has 7 heteroatoms. The van der Waals surface area contributed by atoms with Gasteiger partial charge in [-0.1, -0.05) is 17.7 Å².